The van der Waals surface area contributed by atoms with E-state index >= 15 is 0 Å². The Morgan fingerprint density at radius 1 is 1.08 bits per heavy atom. The molecule has 0 aliphatic heterocycles. The average Bonchev–Trinajstić information content (AvgIpc) is 1.19. The van der Waals surface area contributed by atoms with Gasteiger partial charge in [-0.3, -0.25) is 8.42 Å². The first-order valence-electron chi connectivity index (χ1n) is 1.57. The minimum Gasteiger partial charge on any atom is -0.759 e. The molecule has 0 fully saturated rings. The molecule has 0 unspecified atom stereocenters. The molecule has 0 rings (SSSR count). The third kappa shape index (κ3) is 529. The van der Waals surface area contributed by atoms with Crippen molar-refractivity contribution in [3.05, 3.63) is 0 Å². The van der Waals surface area contributed by atoms with Crippen molar-refractivity contribution in [2.75, 3.05) is 0 Å². The fourth-order valence-corrected chi connectivity index (χ4v) is 0. The Kier molecular flexibility index (Phi) is 36.6. The van der Waals surface area contributed by atoms with Crippen molar-refractivity contribution in [2.45, 2.75) is 6.92 Å². The molecule has 86 valence electrons. The molecule has 0 aliphatic rings. The SMILES string of the molecule is CC(=O)[O-].O=S(=O)([O-])[O-].[Ag+].[Ag+].[Ag+]. The molecule has 12 heavy (non-hydrogen) atoms. The van der Waals surface area contributed by atoms with Gasteiger partial charge in [0.05, 0.1) is 0 Å². The van der Waals surface area contributed by atoms with E-state index in [4.69, 9.17) is 27.4 Å². The molecule has 0 heterocycles. The van der Waals surface area contributed by atoms with E-state index in [0.717, 1.165) is 6.92 Å². The Balaban J connectivity index is -0.0000000221. The number of carboxylic acid groups (broad SMARTS) is 1. The predicted octanol–water partition coefficient (Wildman–Crippen LogP) is -2.59. The summed E-state index contributed by atoms with van der Waals surface area (Å²) in [6.07, 6.45) is 0. The molecule has 0 saturated carbocycles. The van der Waals surface area contributed by atoms with Crippen molar-refractivity contribution >= 4 is 16.4 Å². The summed E-state index contributed by atoms with van der Waals surface area (Å²) >= 11 is 0. The van der Waals surface area contributed by atoms with Crippen LogP contribution in [0.5, 0.6) is 0 Å². The van der Waals surface area contributed by atoms with Gasteiger partial charge in [0, 0.05) is 16.4 Å². The third-order valence-electron chi connectivity index (χ3n) is 0. The fourth-order valence-electron chi connectivity index (χ4n) is 0. The van der Waals surface area contributed by atoms with Crippen molar-refractivity contribution in [1.29, 1.82) is 0 Å². The molecule has 0 spiro atoms. The van der Waals surface area contributed by atoms with Crippen molar-refractivity contribution in [2.24, 2.45) is 0 Å². The van der Waals surface area contributed by atoms with Crippen molar-refractivity contribution in [3.8, 4) is 0 Å². The second kappa shape index (κ2) is 15.1. The maximum absolute atomic E-state index is 8.89. The number of carboxylic acids is 1. The van der Waals surface area contributed by atoms with Crippen LogP contribution in [0.25, 0.3) is 0 Å². The molecule has 0 saturated heterocycles. The van der Waals surface area contributed by atoms with Gasteiger partial charge < -0.3 is 19.0 Å². The molecule has 0 radical (unpaired) electrons. The number of carbonyl (C=O) groups is 1. The number of rotatable bonds is 0. The third-order valence-corrected chi connectivity index (χ3v) is 0. The smallest absolute Gasteiger partial charge is 0.759 e. The van der Waals surface area contributed by atoms with E-state index in [2.05, 4.69) is 0 Å². The molecular formula is C2H3Ag3O6S. The Morgan fingerprint density at radius 2 is 1.08 bits per heavy atom. The standard InChI is InChI=1S/C2H4O2.3Ag.H2O4S/c1-2(3)4;;;;1-5(2,3)4/h1H3,(H,3,4);;;;(H2,1,2,3,4)/q;3*+1;/p-3. The summed E-state index contributed by atoms with van der Waals surface area (Å²) in [7, 11) is -5.17. The van der Waals surface area contributed by atoms with Gasteiger partial charge in [-0.2, -0.15) is 0 Å². The Morgan fingerprint density at radius 3 is 1.08 bits per heavy atom. The van der Waals surface area contributed by atoms with Crippen molar-refractivity contribution in [3.63, 3.8) is 0 Å². The second-order valence-corrected chi connectivity index (χ2v) is 1.72. The predicted molar refractivity (Wildman–Crippen MR) is 21.2 cm³/mol. The fraction of sp³-hybridized carbons (Fsp3) is 0.500. The minimum atomic E-state index is -5.17. The molecular weight excluding hydrogens is 476 g/mol. The van der Waals surface area contributed by atoms with E-state index in [9.17, 15) is 0 Å². The van der Waals surface area contributed by atoms with Crippen LogP contribution in [-0.4, -0.2) is 23.5 Å². The van der Waals surface area contributed by atoms with E-state index in [-0.39, 0.29) is 67.1 Å². The van der Waals surface area contributed by atoms with Gasteiger partial charge in [-0.25, -0.2) is 0 Å². The molecule has 0 N–H and O–H groups in total. The molecule has 0 atom stereocenters. The van der Waals surface area contributed by atoms with Crippen molar-refractivity contribution in [1.82, 2.24) is 0 Å². The van der Waals surface area contributed by atoms with Crippen LogP contribution in [0.15, 0.2) is 0 Å². The summed E-state index contributed by atoms with van der Waals surface area (Å²) in [4.78, 5) is 8.89. The summed E-state index contributed by atoms with van der Waals surface area (Å²) in [5.41, 5.74) is 0. The summed E-state index contributed by atoms with van der Waals surface area (Å²) in [5, 5.41) is 8.89. The Labute approximate surface area is 117 Å². The van der Waals surface area contributed by atoms with Gasteiger partial charge in [0.25, 0.3) is 0 Å². The normalized spacial score (nSPS) is 6.92. The second-order valence-electron chi connectivity index (χ2n) is 0.900. The van der Waals surface area contributed by atoms with Gasteiger partial charge in [0.1, 0.15) is 0 Å². The molecule has 6 nitrogen and oxygen atoms in total. The number of hydrogen-bond donors (Lipinski definition) is 0. The van der Waals surface area contributed by atoms with Gasteiger partial charge >= 0.3 is 67.1 Å². The topological polar surface area (TPSA) is 120 Å². The van der Waals surface area contributed by atoms with Crippen LogP contribution in [-0.2, 0) is 82.3 Å². The van der Waals surface area contributed by atoms with Crippen LogP contribution in [0.2, 0.25) is 0 Å². The summed E-state index contributed by atoms with van der Waals surface area (Å²) in [6.45, 7) is 0.972. The Hall–Kier alpha value is 1.56. The van der Waals surface area contributed by atoms with Gasteiger partial charge in [-0.05, 0) is 6.92 Å². The molecule has 0 aliphatic carbocycles. The summed E-state index contributed by atoms with van der Waals surface area (Å²) in [6, 6.07) is 0. The monoisotopic (exact) mass is 476 g/mol. The zero-order valence-corrected chi connectivity index (χ0v) is 10.5. The Bertz CT molecular complexity index is 163. The zero-order chi connectivity index (χ0) is 8.08. The molecule has 0 aromatic carbocycles. The number of hydrogen-bond acceptors (Lipinski definition) is 6. The van der Waals surface area contributed by atoms with E-state index in [1.807, 2.05) is 0 Å². The summed E-state index contributed by atoms with van der Waals surface area (Å²) < 4.78 is 34.1. The van der Waals surface area contributed by atoms with Gasteiger partial charge in [0.2, 0.25) is 0 Å². The maximum Gasteiger partial charge on any atom is 1.00 e. The number of aliphatic carboxylic acids is 1. The van der Waals surface area contributed by atoms with E-state index in [1.54, 1.807) is 0 Å². The van der Waals surface area contributed by atoms with Crippen LogP contribution < -0.4 is 5.11 Å². The molecule has 0 amide bonds. The maximum atomic E-state index is 8.89. The van der Waals surface area contributed by atoms with Crippen LogP contribution >= 0.6 is 0 Å². The van der Waals surface area contributed by atoms with Crippen LogP contribution in [0.3, 0.4) is 0 Å². The van der Waals surface area contributed by atoms with E-state index in [1.165, 1.54) is 0 Å². The van der Waals surface area contributed by atoms with Gasteiger partial charge in [0.15, 0.2) is 0 Å². The van der Waals surface area contributed by atoms with Crippen molar-refractivity contribution < 1.29 is 94.6 Å². The molecule has 0 bridgehead atoms. The quantitative estimate of drug-likeness (QED) is 0.214. The van der Waals surface area contributed by atoms with Gasteiger partial charge in [-0.1, -0.05) is 0 Å². The first kappa shape index (κ1) is 29.2. The van der Waals surface area contributed by atoms with Crippen LogP contribution in [0.4, 0.5) is 0 Å². The van der Waals surface area contributed by atoms with E-state index in [0.29, 0.717) is 0 Å². The zero-order valence-electron chi connectivity index (χ0n) is 5.26. The average molecular weight is 479 g/mol. The van der Waals surface area contributed by atoms with Crippen LogP contribution in [0, 0.1) is 0 Å². The largest absolute Gasteiger partial charge is 1.00 e. The minimum absolute atomic E-state index is 0. The van der Waals surface area contributed by atoms with Gasteiger partial charge in [-0.15, -0.1) is 0 Å². The molecule has 10 heteroatoms. The molecule has 0 aromatic heterocycles. The number of carbonyl (C=O) groups excluding carboxylic acids is 1. The first-order valence-corrected chi connectivity index (χ1v) is 2.91. The molecule has 0 aromatic rings. The first-order chi connectivity index (χ1) is 3.73. The van der Waals surface area contributed by atoms with E-state index < -0.39 is 16.4 Å². The van der Waals surface area contributed by atoms with Crippen LogP contribution in [0.1, 0.15) is 6.92 Å². The summed E-state index contributed by atoms with van der Waals surface area (Å²) in [5.74, 6) is -1.08.